The fraction of sp³-hybridized carbons (Fsp3) is 1.00. The van der Waals surface area contributed by atoms with Crippen LogP contribution in [0.25, 0.3) is 0 Å². The standard InChI is InChI=1S/C14H30N2/c1-11(2)13-8-7-9-16(13)12(3)10-15-14(4,5)6/h11-13,15H,7-10H2,1-6H3. The molecule has 1 heterocycles. The zero-order valence-corrected chi connectivity index (χ0v) is 12.0. The molecule has 1 fully saturated rings. The second kappa shape index (κ2) is 5.50. The normalized spacial score (nSPS) is 25.3. The van der Waals surface area contributed by atoms with E-state index >= 15 is 0 Å². The smallest absolute Gasteiger partial charge is 0.0195 e. The molecular weight excluding hydrogens is 196 g/mol. The van der Waals surface area contributed by atoms with E-state index in [1.165, 1.54) is 19.4 Å². The lowest BCUT2D eigenvalue weighted by atomic mass is 10.0. The highest BCUT2D eigenvalue weighted by atomic mass is 15.2. The van der Waals surface area contributed by atoms with E-state index in [0.717, 1.165) is 18.5 Å². The highest BCUT2D eigenvalue weighted by Gasteiger charge is 2.30. The molecule has 0 amide bonds. The molecule has 96 valence electrons. The number of nitrogens with one attached hydrogen (secondary N) is 1. The Morgan fingerprint density at radius 2 is 1.88 bits per heavy atom. The van der Waals surface area contributed by atoms with Crippen LogP contribution < -0.4 is 5.32 Å². The van der Waals surface area contributed by atoms with Crippen molar-refractivity contribution in [2.24, 2.45) is 5.92 Å². The number of likely N-dealkylation sites (tertiary alicyclic amines) is 1. The van der Waals surface area contributed by atoms with Gasteiger partial charge in [0.15, 0.2) is 0 Å². The van der Waals surface area contributed by atoms with Crippen molar-refractivity contribution in [1.82, 2.24) is 10.2 Å². The predicted molar refractivity (Wildman–Crippen MR) is 71.8 cm³/mol. The third-order valence-corrected chi connectivity index (χ3v) is 3.61. The van der Waals surface area contributed by atoms with Crippen molar-refractivity contribution in [2.75, 3.05) is 13.1 Å². The molecule has 1 aliphatic heterocycles. The van der Waals surface area contributed by atoms with Crippen LogP contribution in [0.4, 0.5) is 0 Å². The average Bonchev–Trinajstić information content (AvgIpc) is 2.61. The minimum absolute atomic E-state index is 0.237. The molecule has 2 heteroatoms. The van der Waals surface area contributed by atoms with Gasteiger partial charge in [-0.15, -0.1) is 0 Å². The van der Waals surface area contributed by atoms with Crippen molar-refractivity contribution in [3.8, 4) is 0 Å². The molecule has 0 radical (unpaired) electrons. The molecule has 2 unspecified atom stereocenters. The predicted octanol–water partition coefficient (Wildman–Crippen LogP) is 2.88. The number of nitrogens with zero attached hydrogens (tertiary/aromatic N) is 1. The molecule has 0 bridgehead atoms. The molecule has 1 aliphatic rings. The van der Waals surface area contributed by atoms with Gasteiger partial charge in [0.2, 0.25) is 0 Å². The van der Waals surface area contributed by atoms with E-state index in [9.17, 15) is 0 Å². The van der Waals surface area contributed by atoms with E-state index in [1.54, 1.807) is 0 Å². The molecule has 0 saturated carbocycles. The maximum atomic E-state index is 3.62. The molecule has 2 nitrogen and oxygen atoms in total. The second-order valence-electron chi connectivity index (χ2n) is 6.67. The average molecular weight is 226 g/mol. The largest absolute Gasteiger partial charge is 0.311 e. The Morgan fingerprint density at radius 1 is 1.25 bits per heavy atom. The Kier molecular flexibility index (Phi) is 4.81. The van der Waals surface area contributed by atoms with Gasteiger partial charge in [-0.25, -0.2) is 0 Å². The molecule has 1 N–H and O–H groups in total. The van der Waals surface area contributed by atoms with E-state index in [2.05, 4.69) is 51.8 Å². The highest BCUT2D eigenvalue weighted by molar-refractivity contribution is 4.86. The van der Waals surface area contributed by atoms with Gasteiger partial charge in [0.1, 0.15) is 0 Å². The SMILES string of the molecule is CC(C)C1CCCN1C(C)CNC(C)(C)C. The Hall–Kier alpha value is -0.0800. The minimum atomic E-state index is 0.237. The Labute approximate surface area is 102 Å². The summed E-state index contributed by atoms with van der Waals surface area (Å²) in [5.41, 5.74) is 0.237. The van der Waals surface area contributed by atoms with Gasteiger partial charge in [0, 0.05) is 24.2 Å². The summed E-state index contributed by atoms with van der Waals surface area (Å²) in [6, 6.07) is 1.46. The van der Waals surface area contributed by atoms with Gasteiger partial charge >= 0.3 is 0 Å². The van der Waals surface area contributed by atoms with Crippen LogP contribution in [0.2, 0.25) is 0 Å². The third-order valence-electron chi connectivity index (χ3n) is 3.61. The van der Waals surface area contributed by atoms with Crippen LogP contribution in [0.15, 0.2) is 0 Å². The van der Waals surface area contributed by atoms with Crippen molar-refractivity contribution in [3.63, 3.8) is 0 Å². The van der Waals surface area contributed by atoms with Gasteiger partial charge in [0.05, 0.1) is 0 Å². The topological polar surface area (TPSA) is 15.3 Å². The van der Waals surface area contributed by atoms with Crippen molar-refractivity contribution in [1.29, 1.82) is 0 Å². The first kappa shape index (κ1) is 14.0. The lowest BCUT2D eigenvalue weighted by Crippen LogP contribution is -2.48. The van der Waals surface area contributed by atoms with Crippen LogP contribution in [0, 0.1) is 5.92 Å². The maximum absolute atomic E-state index is 3.62. The monoisotopic (exact) mass is 226 g/mol. The Balaban J connectivity index is 2.44. The molecule has 1 rings (SSSR count). The van der Waals surface area contributed by atoms with Crippen molar-refractivity contribution < 1.29 is 0 Å². The molecule has 2 atom stereocenters. The van der Waals surface area contributed by atoms with Gasteiger partial charge in [-0.3, -0.25) is 4.90 Å². The van der Waals surface area contributed by atoms with Crippen LogP contribution in [-0.4, -0.2) is 35.6 Å². The molecule has 16 heavy (non-hydrogen) atoms. The van der Waals surface area contributed by atoms with Crippen LogP contribution in [-0.2, 0) is 0 Å². The summed E-state index contributed by atoms with van der Waals surface area (Å²) in [6.45, 7) is 16.2. The van der Waals surface area contributed by atoms with Gasteiger partial charge in [-0.05, 0) is 53.0 Å². The van der Waals surface area contributed by atoms with E-state index in [4.69, 9.17) is 0 Å². The summed E-state index contributed by atoms with van der Waals surface area (Å²) in [7, 11) is 0. The van der Waals surface area contributed by atoms with E-state index in [1.807, 2.05) is 0 Å². The van der Waals surface area contributed by atoms with Crippen LogP contribution in [0.3, 0.4) is 0 Å². The van der Waals surface area contributed by atoms with Crippen LogP contribution in [0.1, 0.15) is 54.4 Å². The van der Waals surface area contributed by atoms with Gasteiger partial charge in [0.25, 0.3) is 0 Å². The number of rotatable bonds is 4. The van der Waals surface area contributed by atoms with Crippen molar-refractivity contribution >= 4 is 0 Å². The molecular formula is C14H30N2. The Morgan fingerprint density at radius 3 is 2.38 bits per heavy atom. The van der Waals surface area contributed by atoms with Crippen LogP contribution >= 0.6 is 0 Å². The van der Waals surface area contributed by atoms with Gasteiger partial charge < -0.3 is 5.32 Å². The summed E-state index contributed by atoms with van der Waals surface area (Å²) >= 11 is 0. The first-order chi connectivity index (χ1) is 7.31. The quantitative estimate of drug-likeness (QED) is 0.793. The molecule has 0 aliphatic carbocycles. The summed E-state index contributed by atoms with van der Waals surface area (Å²) in [4.78, 5) is 2.70. The minimum Gasteiger partial charge on any atom is -0.311 e. The molecule has 1 saturated heterocycles. The van der Waals surface area contributed by atoms with Gasteiger partial charge in [-0.1, -0.05) is 13.8 Å². The summed E-state index contributed by atoms with van der Waals surface area (Å²) in [5, 5.41) is 3.62. The molecule has 0 spiro atoms. The summed E-state index contributed by atoms with van der Waals surface area (Å²) in [5.74, 6) is 0.791. The Bertz CT molecular complexity index is 205. The lowest BCUT2D eigenvalue weighted by molar-refractivity contribution is 0.147. The third kappa shape index (κ3) is 4.06. The number of hydrogen-bond donors (Lipinski definition) is 1. The van der Waals surface area contributed by atoms with E-state index in [-0.39, 0.29) is 5.54 Å². The van der Waals surface area contributed by atoms with Crippen molar-refractivity contribution in [2.45, 2.75) is 72.0 Å². The highest BCUT2D eigenvalue weighted by Crippen LogP contribution is 2.25. The second-order valence-corrected chi connectivity index (χ2v) is 6.67. The lowest BCUT2D eigenvalue weighted by Gasteiger charge is -2.35. The molecule has 0 aromatic rings. The van der Waals surface area contributed by atoms with Gasteiger partial charge in [-0.2, -0.15) is 0 Å². The fourth-order valence-electron chi connectivity index (χ4n) is 2.65. The zero-order chi connectivity index (χ0) is 12.3. The van der Waals surface area contributed by atoms with E-state index in [0.29, 0.717) is 6.04 Å². The summed E-state index contributed by atoms with van der Waals surface area (Å²) in [6.07, 6.45) is 2.76. The first-order valence-corrected chi connectivity index (χ1v) is 6.82. The van der Waals surface area contributed by atoms with Crippen molar-refractivity contribution in [3.05, 3.63) is 0 Å². The molecule has 0 aromatic carbocycles. The first-order valence-electron chi connectivity index (χ1n) is 6.82. The van der Waals surface area contributed by atoms with E-state index < -0.39 is 0 Å². The molecule has 0 aromatic heterocycles. The maximum Gasteiger partial charge on any atom is 0.0195 e. The zero-order valence-electron chi connectivity index (χ0n) is 12.0. The fourth-order valence-corrected chi connectivity index (χ4v) is 2.65. The van der Waals surface area contributed by atoms with Crippen LogP contribution in [0.5, 0.6) is 0 Å². The summed E-state index contributed by atoms with van der Waals surface area (Å²) < 4.78 is 0. The number of hydrogen-bond acceptors (Lipinski definition) is 2.